The van der Waals surface area contributed by atoms with Gasteiger partial charge in [0.15, 0.2) is 0 Å². The lowest BCUT2D eigenvalue weighted by atomic mass is 10.1. The molecule has 9 heteroatoms. The van der Waals surface area contributed by atoms with Gasteiger partial charge < -0.3 is 10.2 Å². The molecule has 0 bridgehead atoms. The molecule has 2 aromatic rings. The summed E-state index contributed by atoms with van der Waals surface area (Å²) in [7, 11) is -3.99. The molecule has 0 spiro atoms. The summed E-state index contributed by atoms with van der Waals surface area (Å²) < 4.78 is 26.2. The maximum absolute atomic E-state index is 13.1. The topological polar surface area (TPSA) is 104 Å². The van der Waals surface area contributed by atoms with Crippen LogP contribution in [0.3, 0.4) is 0 Å². The summed E-state index contributed by atoms with van der Waals surface area (Å²) in [5, 5.41) is 2.79. The molecule has 3 rings (SSSR count). The van der Waals surface area contributed by atoms with Gasteiger partial charge in [0.2, 0.25) is 11.8 Å². The molecule has 0 radical (unpaired) electrons. The Labute approximate surface area is 188 Å². The fourth-order valence-corrected chi connectivity index (χ4v) is 5.12. The van der Waals surface area contributed by atoms with Crippen molar-refractivity contribution in [2.24, 2.45) is 0 Å². The summed E-state index contributed by atoms with van der Waals surface area (Å²) in [6.45, 7) is 3.97. The van der Waals surface area contributed by atoms with Gasteiger partial charge >= 0.3 is 0 Å². The monoisotopic (exact) mass is 457 g/mol. The van der Waals surface area contributed by atoms with Crippen molar-refractivity contribution in [1.29, 1.82) is 0 Å². The van der Waals surface area contributed by atoms with Gasteiger partial charge in [-0.25, -0.2) is 12.7 Å². The zero-order valence-electron chi connectivity index (χ0n) is 18.2. The van der Waals surface area contributed by atoms with Gasteiger partial charge in [-0.2, -0.15) is 0 Å². The van der Waals surface area contributed by atoms with E-state index < -0.39 is 27.9 Å². The van der Waals surface area contributed by atoms with E-state index in [2.05, 4.69) is 5.32 Å². The minimum Gasteiger partial charge on any atom is -0.354 e. The smallest absolute Gasteiger partial charge is 0.269 e. The first-order valence-corrected chi connectivity index (χ1v) is 12.0. The highest BCUT2D eigenvalue weighted by atomic mass is 32.2. The van der Waals surface area contributed by atoms with Crippen LogP contribution in [0.15, 0.2) is 59.5 Å². The Morgan fingerprint density at radius 2 is 1.72 bits per heavy atom. The molecule has 2 aromatic carbocycles. The van der Waals surface area contributed by atoms with Crippen molar-refractivity contribution in [1.82, 2.24) is 14.5 Å². The lowest BCUT2D eigenvalue weighted by Gasteiger charge is -2.29. The van der Waals surface area contributed by atoms with Crippen molar-refractivity contribution in [2.75, 3.05) is 13.1 Å². The third-order valence-corrected chi connectivity index (χ3v) is 7.19. The van der Waals surface area contributed by atoms with E-state index in [4.69, 9.17) is 0 Å². The number of sulfonamides is 1. The quantitative estimate of drug-likeness (QED) is 0.622. The van der Waals surface area contributed by atoms with Crippen LogP contribution in [0.5, 0.6) is 0 Å². The fourth-order valence-electron chi connectivity index (χ4n) is 3.55. The molecule has 3 amide bonds. The molecule has 170 valence electrons. The standard InChI is InChI=1S/C23H27N3O5S/c1-3-14-24-22(28)17(2)25(16-18-9-5-4-6-10-18)21(27)13-15-26-23(29)19-11-7-8-12-20(19)32(26,30)31/h4-12,17H,3,13-16H2,1-2H3,(H,24,28). The van der Waals surface area contributed by atoms with Crippen molar-refractivity contribution >= 4 is 27.7 Å². The maximum Gasteiger partial charge on any atom is 0.269 e. The zero-order valence-corrected chi connectivity index (χ0v) is 19.0. The van der Waals surface area contributed by atoms with Gasteiger partial charge in [0.05, 0.1) is 5.56 Å². The first kappa shape index (κ1) is 23.5. The van der Waals surface area contributed by atoms with Crippen LogP contribution in [-0.4, -0.2) is 54.5 Å². The molecule has 0 fully saturated rings. The third kappa shape index (κ3) is 4.83. The Kier molecular flexibility index (Phi) is 7.29. The fraction of sp³-hybridized carbons (Fsp3) is 0.348. The van der Waals surface area contributed by atoms with Crippen LogP contribution in [-0.2, 0) is 26.2 Å². The van der Waals surface area contributed by atoms with Gasteiger partial charge in [-0.3, -0.25) is 14.4 Å². The second-order valence-electron chi connectivity index (χ2n) is 7.60. The molecule has 1 N–H and O–H groups in total. The molecule has 1 heterocycles. The molecule has 1 aliphatic heterocycles. The van der Waals surface area contributed by atoms with Gasteiger partial charge in [0.25, 0.3) is 15.9 Å². The van der Waals surface area contributed by atoms with Crippen LogP contribution in [0, 0.1) is 0 Å². The van der Waals surface area contributed by atoms with Crippen LogP contribution < -0.4 is 5.32 Å². The summed E-state index contributed by atoms with van der Waals surface area (Å²) in [6, 6.07) is 14.5. The molecule has 1 unspecified atom stereocenters. The summed E-state index contributed by atoms with van der Waals surface area (Å²) in [6.07, 6.45) is 0.539. The number of nitrogens with zero attached hydrogens (tertiary/aromatic N) is 2. The van der Waals surface area contributed by atoms with Gasteiger partial charge in [-0.15, -0.1) is 0 Å². The van der Waals surface area contributed by atoms with E-state index in [9.17, 15) is 22.8 Å². The van der Waals surface area contributed by atoms with Gasteiger partial charge in [-0.1, -0.05) is 49.4 Å². The number of hydrogen-bond acceptors (Lipinski definition) is 5. The zero-order chi connectivity index (χ0) is 23.3. The molecule has 8 nitrogen and oxygen atoms in total. The van der Waals surface area contributed by atoms with Gasteiger partial charge in [0.1, 0.15) is 10.9 Å². The summed E-state index contributed by atoms with van der Waals surface area (Å²) in [5.41, 5.74) is 0.946. The van der Waals surface area contributed by atoms with Crippen LogP contribution >= 0.6 is 0 Å². The average Bonchev–Trinajstić information content (AvgIpc) is 2.99. The van der Waals surface area contributed by atoms with E-state index in [0.29, 0.717) is 6.54 Å². The van der Waals surface area contributed by atoms with Crippen molar-refractivity contribution < 1.29 is 22.8 Å². The predicted molar refractivity (Wildman–Crippen MR) is 119 cm³/mol. The van der Waals surface area contributed by atoms with Crippen LogP contribution in [0.4, 0.5) is 0 Å². The maximum atomic E-state index is 13.1. The van der Waals surface area contributed by atoms with E-state index in [1.165, 1.54) is 17.0 Å². The van der Waals surface area contributed by atoms with Crippen LogP contribution in [0.2, 0.25) is 0 Å². The molecule has 0 saturated heterocycles. The molecular weight excluding hydrogens is 430 g/mol. The third-order valence-electron chi connectivity index (χ3n) is 5.35. The highest BCUT2D eigenvalue weighted by Crippen LogP contribution is 2.30. The van der Waals surface area contributed by atoms with Crippen molar-refractivity contribution in [3.63, 3.8) is 0 Å². The molecule has 0 aliphatic carbocycles. The number of carbonyl (C=O) groups excluding carboxylic acids is 3. The number of benzene rings is 2. The normalized spacial score (nSPS) is 15.2. The second-order valence-corrected chi connectivity index (χ2v) is 9.43. The lowest BCUT2D eigenvalue weighted by Crippen LogP contribution is -2.48. The highest BCUT2D eigenvalue weighted by Gasteiger charge is 2.41. The Bertz CT molecular complexity index is 1100. The lowest BCUT2D eigenvalue weighted by molar-refractivity contribution is -0.140. The van der Waals surface area contributed by atoms with E-state index >= 15 is 0 Å². The van der Waals surface area contributed by atoms with E-state index in [0.717, 1.165) is 16.3 Å². The van der Waals surface area contributed by atoms with Crippen LogP contribution in [0.25, 0.3) is 0 Å². The summed E-state index contributed by atoms with van der Waals surface area (Å²) in [4.78, 5) is 39.6. The first-order chi connectivity index (χ1) is 15.3. The minimum absolute atomic E-state index is 0.0501. The average molecular weight is 458 g/mol. The van der Waals surface area contributed by atoms with Crippen LogP contribution in [0.1, 0.15) is 42.6 Å². The molecule has 1 aliphatic rings. The minimum atomic E-state index is -3.99. The Balaban J connectivity index is 1.76. The Hall–Kier alpha value is -3.20. The summed E-state index contributed by atoms with van der Waals surface area (Å²) in [5.74, 6) is -1.34. The van der Waals surface area contributed by atoms with Gasteiger partial charge in [-0.05, 0) is 31.0 Å². The number of rotatable bonds is 9. The molecule has 0 saturated carbocycles. The largest absolute Gasteiger partial charge is 0.354 e. The first-order valence-electron chi connectivity index (χ1n) is 10.5. The number of carbonyl (C=O) groups is 3. The number of amides is 3. The predicted octanol–water partition coefficient (Wildman–Crippen LogP) is 2.16. The SMILES string of the molecule is CCCNC(=O)C(C)N(Cc1ccccc1)C(=O)CCN1C(=O)c2ccccc2S1(=O)=O. The number of hydrogen-bond donors (Lipinski definition) is 1. The van der Waals surface area contributed by atoms with Crippen molar-refractivity contribution in [2.45, 2.75) is 44.2 Å². The highest BCUT2D eigenvalue weighted by molar-refractivity contribution is 7.90. The summed E-state index contributed by atoms with van der Waals surface area (Å²) >= 11 is 0. The molecule has 1 atom stereocenters. The Morgan fingerprint density at radius 3 is 2.38 bits per heavy atom. The molecule has 0 aromatic heterocycles. The second kappa shape index (κ2) is 9.95. The van der Waals surface area contributed by atoms with Crippen molar-refractivity contribution in [3.8, 4) is 0 Å². The van der Waals surface area contributed by atoms with E-state index in [1.807, 2.05) is 37.3 Å². The number of fused-ring (bicyclic) bond motifs is 1. The van der Waals surface area contributed by atoms with E-state index in [-0.39, 0.29) is 35.9 Å². The number of nitrogens with one attached hydrogen (secondary N) is 1. The van der Waals surface area contributed by atoms with Crippen molar-refractivity contribution in [3.05, 3.63) is 65.7 Å². The Morgan fingerprint density at radius 1 is 1.06 bits per heavy atom. The molecular formula is C23H27N3O5S. The van der Waals surface area contributed by atoms with E-state index in [1.54, 1.807) is 19.1 Å². The van der Waals surface area contributed by atoms with Gasteiger partial charge in [0, 0.05) is 26.1 Å². The molecule has 32 heavy (non-hydrogen) atoms.